The summed E-state index contributed by atoms with van der Waals surface area (Å²) in [5.41, 5.74) is 2.78. The second kappa shape index (κ2) is 3.80. The van der Waals surface area contributed by atoms with Gasteiger partial charge in [0.2, 0.25) is 0 Å². The van der Waals surface area contributed by atoms with E-state index in [0.29, 0.717) is 6.04 Å². The van der Waals surface area contributed by atoms with Crippen LogP contribution in [0.2, 0.25) is 0 Å². The van der Waals surface area contributed by atoms with Crippen molar-refractivity contribution in [2.75, 3.05) is 13.6 Å². The molecule has 1 aliphatic heterocycles. The quantitative estimate of drug-likeness (QED) is 0.705. The fourth-order valence-corrected chi connectivity index (χ4v) is 2.56. The molecule has 2 heterocycles. The lowest BCUT2D eigenvalue weighted by Crippen LogP contribution is -2.35. The normalized spacial score (nSPS) is 20.7. The molecule has 0 bridgehead atoms. The Morgan fingerprint density at radius 2 is 1.81 bits per heavy atom. The first-order valence-electron chi connectivity index (χ1n) is 5.76. The molecule has 3 rings (SSSR count). The average Bonchev–Trinajstić information content (AvgIpc) is 2.78. The van der Waals surface area contributed by atoms with Gasteiger partial charge in [0.25, 0.3) is 0 Å². The predicted octanol–water partition coefficient (Wildman–Crippen LogP) is 2.52. The summed E-state index contributed by atoms with van der Waals surface area (Å²) in [6.07, 6.45) is 2.18. The molecule has 1 atom stereocenters. The number of hydrogen-bond donors (Lipinski definition) is 0. The fourth-order valence-electron chi connectivity index (χ4n) is 2.56. The zero-order valence-electron chi connectivity index (χ0n) is 9.50. The first-order valence-corrected chi connectivity index (χ1v) is 5.76. The number of likely N-dealkylation sites (N-methyl/N-ethyl adjacent to an activating group) is 1. The van der Waals surface area contributed by atoms with Crippen molar-refractivity contribution in [2.24, 2.45) is 0 Å². The van der Waals surface area contributed by atoms with Crippen LogP contribution in [0.25, 0.3) is 0 Å². The van der Waals surface area contributed by atoms with Gasteiger partial charge in [0.15, 0.2) is 0 Å². The summed E-state index contributed by atoms with van der Waals surface area (Å²) in [7, 11) is 2.20. The fraction of sp³-hybridized carbons (Fsp3) is 0.286. The third kappa shape index (κ3) is 1.46. The van der Waals surface area contributed by atoms with Crippen molar-refractivity contribution in [3.05, 3.63) is 59.9 Å². The van der Waals surface area contributed by atoms with Crippen molar-refractivity contribution in [1.29, 1.82) is 0 Å². The van der Waals surface area contributed by atoms with Crippen LogP contribution in [0.3, 0.4) is 0 Å². The molecule has 0 radical (unpaired) electrons. The van der Waals surface area contributed by atoms with Crippen molar-refractivity contribution in [3.63, 3.8) is 0 Å². The van der Waals surface area contributed by atoms with Crippen LogP contribution in [0.1, 0.15) is 17.3 Å². The maximum Gasteiger partial charge on any atom is 0.0754 e. The van der Waals surface area contributed by atoms with Crippen molar-refractivity contribution in [3.8, 4) is 0 Å². The van der Waals surface area contributed by atoms with Crippen molar-refractivity contribution in [2.45, 2.75) is 12.6 Å². The molecular weight excluding hydrogens is 196 g/mol. The van der Waals surface area contributed by atoms with Crippen molar-refractivity contribution < 1.29 is 0 Å². The Hall–Kier alpha value is -1.54. The van der Waals surface area contributed by atoms with Gasteiger partial charge in [-0.1, -0.05) is 30.3 Å². The van der Waals surface area contributed by atoms with Gasteiger partial charge < -0.3 is 4.57 Å². The number of aromatic nitrogens is 1. The van der Waals surface area contributed by atoms with E-state index >= 15 is 0 Å². The molecule has 0 unspecified atom stereocenters. The van der Waals surface area contributed by atoms with Gasteiger partial charge in [0, 0.05) is 25.0 Å². The third-order valence-electron chi connectivity index (χ3n) is 3.39. The molecule has 0 spiro atoms. The lowest BCUT2D eigenvalue weighted by Gasteiger charge is -2.34. The molecule has 16 heavy (non-hydrogen) atoms. The molecule has 0 N–H and O–H groups in total. The van der Waals surface area contributed by atoms with E-state index < -0.39 is 0 Å². The highest BCUT2D eigenvalue weighted by Crippen LogP contribution is 2.30. The molecule has 2 aromatic rings. The average molecular weight is 212 g/mol. The van der Waals surface area contributed by atoms with Crippen LogP contribution in [-0.4, -0.2) is 23.1 Å². The van der Waals surface area contributed by atoms with Gasteiger partial charge in [-0.05, 0) is 24.7 Å². The lowest BCUT2D eigenvalue weighted by molar-refractivity contribution is 0.227. The second-order valence-electron chi connectivity index (χ2n) is 4.42. The Morgan fingerprint density at radius 3 is 2.62 bits per heavy atom. The Bertz CT molecular complexity index is 472. The summed E-state index contributed by atoms with van der Waals surface area (Å²) in [5.74, 6) is 0. The van der Waals surface area contributed by atoms with E-state index in [1.165, 1.54) is 11.3 Å². The van der Waals surface area contributed by atoms with Crippen LogP contribution in [0, 0.1) is 0 Å². The van der Waals surface area contributed by atoms with Gasteiger partial charge in [-0.3, -0.25) is 4.90 Å². The van der Waals surface area contributed by atoms with Gasteiger partial charge in [-0.15, -0.1) is 0 Å². The first kappa shape index (κ1) is 9.67. The number of benzene rings is 1. The molecule has 1 aromatic carbocycles. The van der Waals surface area contributed by atoms with E-state index in [1.54, 1.807) is 0 Å². The molecule has 0 amide bonds. The zero-order chi connectivity index (χ0) is 11.0. The van der Waals surface area contributed by atoms with E-state index in [2.05, 4.69) is 65.2 Å². The van der Waals surface area contributed by atoms with Crippen LogP contribution in [0.5, 0.6) is 0 Å². The van der Waals surface area contributed by atoms with Crippen LogP contribution in [-0.2, 0) is 6.54 Å². The molecule has 82 valence electrons. The van der Waals surface area contributed by atoms with Gasteiger partial charge >= 0.3 is 0 Å². The number of fused-ring (bicyclic) bond motifs is 1. The summed E-state index contributed by atoms with van der Waals surface area (Å²) in [5, 5.41) is 0. The van der Waals surface area contributed by atoms with E-state index in [1.807, 2.05) is 0 Å². The molecule has 2 heteroatoms. The summed E-state index contributed by atoms with van der Waals surface area (Å²) >= 11 is 0. The molecule has 1 aromatic heterocycles. The molecular formula is C14H16N2. The molecule has 2 nitrogen and oxygen atoms in total. The topological polar surface area (TPSA) is 8.17 Å². The number of nitrogens with zero attached hydrogens (tertiary/aromatic N) is 2. The lowest BCUT2D eigenvalue weighted by atomic mass is 10.0. The maximum absolute atomic E-state index is 2.42. The highest BCUT2D eigenvalue weighted by molar-refractivity contribution is 5.29. The SMILES string of the molecule is CN1CCn2cccc2[C@@H]1c1ccccc1. The number of rotatable bonds is 1. The van der Waals surface area contributed by atoms with Gasteiger partial charge in [-0.2, -0.15) is 0 Å². The summed E-state index contributed by atoms with van der Waals surface area (Å²) in [6, 6.07) is 15.5. The molecule has 0 saturated carbocycles. The minimum absolute atomic E-state index is 0.407. The number of hydrogen-bond acceptors (Lipinski definition) is 1. The Balaban J connectivity index is 2.08. The highest BCUT2D eigenvalue weighted by atomic mass is 15.2. The van der Waals surface area contributed by atoms with Crippen LogP contribution >= 0.6 is 0 Å². The maximum atomic E-state index is 2.42. The van der Waals surface area contributed by atoms with Gasteiger partial charge in [0.05, 0.1) is 6.04 Å². The largest absolute Gasteiger partial charge is 0.348 e. The standard InChI is InChI=1S/C14H16N2/c1-15-10-11-16-9-5-8-13(16)14(15)12-6-3-2-4-7-12/h2-9,14H,10-11H2,1H3/t14-/m0/s1. The Morgan fingerprint density at radius 1 is 1.00 bits per heavy atom. The van der Waals surface area contributed by atoms with Crippen molar-refractivity contribution >= 4 is 0 Å². The second-order valence-corrected chi connectivity index (χ2v) is 4.42. The monoisotopic (exact) mass is 212 g/mol. The Kier molecular flexibility index (Phi) is 2.29. The third-order valence-corrected chi connectivity index (χ3v) is 3.39. The summed E-state index contributed by atoms with van der Waals surface area (Å²) in [6.45, 7) is 2.21. The molecule has 0 saturated heterocycles. The highest BCUT2D eigenvalue weighted by Gasteiger charge is 2.25. The molecule has 1 aliphatic rings. The Labute approximate surface area is 96.1 Å². The minimum Gasteiger partial charge on any atom is -0.348 e. The van der Waals surface area contributed by atoms with E-state index in [4.69, 9.17) is 0 Å². The van der Waals surface area contributed by atoms with Gasteiger partial charge in [-0.25, -0.2) is 0 Å². The van der Waals surface area contributed by atoms with E-state index in [9.17, 15) is 0 Å². The van der Waals surface area contributed by atoms with Crippen LogP contribution < -0.4 is 0 Å². The van der Waals surface area contributed by atoms with Crippen LogP contribution in [0.4, 0.5) is 0 Å². The summed E-state index contributed by atoms with van der Waals surface area (Å²) < 4.78 is 2.36. The van der Waals surface area contributed by atoms with Crippen molar-refractivity contribution in [1.82, 2.24) is 9.47 Å². The van der Waals surface area contributed by atoms with Crippen LogP contribution in [0.15, 0.2) is 48.7 Å². The van der Waals surface area contributed by atoms with E-state index in [0.717, 1.165) is 13.1 Å². The predicted molar refractivity (Wildman–Crippen MR) is 65.3 cm³/mol. The van der Waals surface area contributed by atoms with Gasteiger partial charge in [0.1, 0.15) is 0 Å². The zero-order valence-corrected chi connectivity index (χ0v) is 9.50. The molecule has 0 fully saturated rings. The smallest absolute Gasteiger partial charge is 0.0754 e. The van der Waals surface area contributed by atoms with E-state index in [-0.39, 0.29) is 0 Å². The first-order chi connectivity index (χ1) is 7.86. The summed E-state index contributed by atoms with van der Waals surface area (Å²) in [4.78, 5) is 2.42. The molecule has 0 aliphatic carbocycles. The minimum atomic E-state index is 0.407.